The van der Waals surface area contributed by atoms with Gasteiger partial charge in [0.1, 0.15) is 0 Å². The zero-order valence-electron chi connectivity index (χ0n) is 12.4. The SMILES string of the molecule is CCCNc1c(C)c(CC)nc2c(Cl)cc(C)c(Cl)c12. The van der Waals surface area contributed by atoms with Crippen molar-refractivity contribution >= 4 is 39.8 Å². The second-order valence-electron chi connectivity index (χ2n) is 5.05. The fourth-order valence-corrected chi connectivity index (χ4v) is 2.98. The molecule has 4 heteroatoms. The van der Waals surface area contributed by atoms with Crippen LogP contribution < -0.4 is 5.32 Å². The van der Waals surface area contributed by atoms with Gasteiger partial charge in [-0.05, 0) is 43.9 Å². The van der Waals surface area contributed by atoms with Gasteiger partial charge < -0.3 is 5.32 Å². The average molecular weight is 311 g/mol. The normalized spacial score (nSPS) is 11.1. The molecule has 0 amide bonds. The van der Waals surface area contributed by atoms with E-state index < -0.39 is 0 Å². The lowest BCUT2D eigenvalue weighted by Gasteiger charge is -2.18. The maximum atomic E-state index is 6.51. The molecule has 1 aromatic heterocycles. The van der Waals surface area contributed by atoms with Gasteiger partial charge in [0.25, 0.3) is 0 Å². The molecule has 2 aromatic rings. The zero-order valence-corrected chi connectivity index (χ0v) is 13.9. The van der Waals surface area contributed by atoms with Crippen LogP contribution in [0.15, 0.2) is 6.07 Å². The number of rotatable bonds is 4. The van der Waals surface area contributed by atoms with Crippen LogP contribution in [0.1, 0.15) is 37.1 Å². The van der Waals surface area contributed by atoms with E-state index in [1.165, 1.54) is 0 Å². The van der Waals surface area contributed by atoms with Crippen LogP contribution in [0.4, 0.5) is 5.69 Å². The lowest BCUT2D eigenvalue weighted by molar-refractivity contribution is 0.970. The zero-order chi connectivity index (χ0) is 14.9. The van der Waals surface area contributed by atoms with Crippen molar-refractivity contribution in [2.75, 3.05) is 11.9 Å². The maximum Gasteiger partial charge on any atom is 0.0927 e. The largest absolute Gasteiger partial charge is 0.384 e. The number of nitrogens with one attached hydrogen (secondary N) is 1. The summed E-state index contributed by atoms with van der Waals surface area (Å²) >= 11 is 12.9. The third kappa shape index (κ3) is 2.59. The second kappa shape index (κ2) is 6.19. The first-order chi connectivity index (χ1) is 9.51. The molecule has 1 heterocycles. The van der Waals surface area contributed by atoms with Gasteiger partial charge >= 0.3 is 0 Å². The van der Waals surface area contributed by atoms with E-state index in [1.54, 1.807) is 0 Å². The smallest absolute Gasteiger partial charge is 0.0927 e. The third-order valence-corrected chi connectivity index (χ3v) is 4.34. The summed E-state index contributed by atoms with van der Waals surface area (Å²) in [4.78, 5) is 4.71. The average Bonchev–Trinajstić information content (AvgIpc) is 2.43. The number of hydrogen-bond donors (Lipinski definition) is 1. The Labute approximate surface area is 130 Å². The number of benzene rings is 1. The summed E-state index contributed by atoms with van der Waals surface area (Å²) in [5.74, 6) is 0. The highest BCUT2D eigenvalue weighted by Gasteiger charge is 2.17. The van der Waals surface area contributed by atoms with Gasteiger partial charge in [0.05, 0.1) is 15.6 Å². The minimum Gasteiger partial charge on any atom is -0.384 e. The number of fused-ring (bicyclic) bond motifs is 1. The molecule has 0 spiro atoms. The first kappa shape index (κ1) is 15.4. The molecule has 1 N–H and O–H groups in total. The monoisotopic (exact) mass is 310 g/mol. The Balaban J connectivity index is 2.86. The summed E-state index contributed by atoms with van der Waals surface area (Å²) in [6.45, 7) is 9.22. The molecule has 0 aliphatic rings. The topological polar surface area (TPSA) is 24.9 Å². The molecule has 2 nitrogen and oxygen atoms in total. The van der Waals surface area contributed by atoms with Crippen LogP contribution in [0, 0.1) is 13.8 Å². The Morgan fingerprint density at radius 2 is 1.90 bits per heavy atom. The Bertz CT molecular complexity index is 651. The van der Waals surface area contributed by atoms with Crippen molar-refractivity contribution in [1.82, 2.24) is 4.98 Å². The molecule has 0 aliphatic carbocycles. The van der Waals surface area contributed by atoms with Gasteiger partial charge in [-0.3, -0.25) is 4.98 Å². The first-order valence-corrected chi connectivity index (χ1v) is 7.78. The van der Waals surface area contributed by atoms with Gasteiger partial charge in [-0.15, -0.1) is 0 Å². The molecule has 0 radical (unpaired) electrons. The molecular formula is C16H20Cl2N2. The van der Waals surface area contributed by atoms with Gasteiger partial charge in [0.2, 0.25) is 0 Å². The molecule has 1 aromatic carbocycles. The molecule has 0 fully saturated rings. The van der Waals surface area contributed by atoms with Crippen LogP contribution in [-0.4, -0.2) is 11.5 Å². The van der Waals surface area contributed by atoms with Gasteiger partial charge in [0, 0.05) is 23.3 Å². The lowest BCUT2D eigenvalue weighted by Crippen LogP contribution is -2.06. The number of anilines is 1. The standard InChI is InChI=1S/C16H20Cl2N2/c1-5-7-19-15-10(4)12(6-2)20-16-11(17)8-9(3)14(18)13(15)16/h8H,5-7H2,1-4H3,(H,19,20). The van der Waals surface area contributed by atoms with E-state index in [0.29, 0.717) is 5.02 Å². The van der Waals surface area contributed by atoms with Gasteiger partial charge in [-0.2, -0.15) is 0 Å². The first-order valence-electron chi connectivity index (χ1n) is 7.02. The molecule has 2 rings (SSSR count). The van der Waals surface area contributed by atoms with Crippen molar-refractivity contribution in [2.24, 2.45) is 0 Å². The van der Waals surface area contributed by atoms with Crippen molar-refractivity contribution in [2.45, 2.75) is 40.5 Å². The molecule has 0 saturated heterocycles. The van der Waals surface area contributed by atoms with Gasteiger partial charge in [-0.25, -0.2) is 0 Å². The Morgan fingerprint density at radius 3 is 2.50 bits per heavy atom. The van der Waals surface area contributed by atoms with Crippen LogP contribution in [-0.2, 0) is 6.42 Å². The summed E-state index contributed by atoms with van der Waals surface area (Å²) in [5, 5.41) is 5.84. The van der Waals surface area contributed by atoms with E-state index in [2.05, 4.69) is 26.1 Å². The summed E-state index contributed by atoms with van der Waals surface area (Å²) in [6.07, 6.45) is 1.94. The predicted molar refractivity (Wildman–Crippen MR) is 89.4 cm³/mol. The number of hydrogen-bond acceptors (Lipinski definition) is 2. The molecular weight excluding hydrogens is 291 g/mol. The number of halogens is 2. The Morgan fingerprint density at radius 1 is 1.20 bits per heavy atom. The van der Waals surface area contributed by atoms with Gasteiger partial charge in [-0.1, -0.05) is 37.0 Å². The number of pyridine rings is 1. The summed E-state index contributed by atoms with van der Waals surface area (Å²) in [6, 6.07) is 1.89. The minimum atomic E-state index is 0.663. The van der Waals surface area contributed by atoms with Crippen LogP contribution in [0.3, 0.4) is 0 Å². The Hall–Kier alpha value is -0.990. The summed E-state index contributed by atoms with van der Waals surface area (Å²) in [7, 11) is 0. The molecule has 20 heavy (non-hydrogen) atoms. The van der Waals surface area contributed by atoms with Crippen molar-refractivity contribution in [3.05, 3.63) is 32.9 Å². The fourth-order valence-electron chi connectivity index (χ4n) is 2.45. The van der Waals surface area contributed by atoms with Crippen LogP contribution in [0.2, 0.25) is 10.0 Å². The van der Waals surface area contributed by atoms with Crippen molar-refractivity contribution in [3.63, 3.8) is 0 Å². The fraction of sp³-hybridized carbons (Fsp3) is 0.438. The predicted octanol–water partition coefficient (Wildman–Crippen LogP) is 5.54. The molecule has 0 saturated carbocycles. The van der Waals surface area contributed by atoms with Crippen LogP contribution >= 0.6 is 23.2 Å². The highest BCUT2D eigenvalue weighted by Crippen LogP contribution is 2.39. The lowest BCUT2D eigenvalue weighted by atomic mass is 10.0. The van der Waals surface area contributed by atoms with Crippen molar-refractivity contribution in [1.29, 1.82) is 0 Å². The number of aromatic nitrogens is 1. The van der Waals surface area contributed by atoms with E-state index >= 15 is 0 Å². The molecule has 0 bridgehead atoms. The molecule has 108 valence electrons. The Kier molecular flexibility index (Phi) is 4.77. The summed E-state index contributed by atoms with van der Waals surface area (Å²) in [5.41, 5.74) is 5.08. The summed E-state index contributed by atoms with van der Waals surface area (Å²) < 4.78 is 0. The third-order valence-electron chi connectivity index (χ3n) is 3.56. The van der Waals surface area contributed by atoms with Crippen LogP contribution in [0.25, 0.3) is 10.9 Å². The number of nitrogens with zero attached hydrogens (tertiary/aromatic N) is 1. The second-order valence-corrected chi connectivity index (χ2v) is 5.84. The van der Waals surface area contributed by atoms with E-state index in [1.807, 2.05) is 13.0 Å². The molecule has 0 aliphatic heterocycles. The van der Waals surface area contributed by atoms with Crippen molar-refractivity contribution < 1.29 is 0 Å². The van der Waals surface area contributed by atoms with E-state index in [-0.39, 0.29) is 0 Å². The van der Waals surface area contributed by atoms with Gasteiger partial charge in [0.15, 0.2) is 0 Å². The molecule has 0 unspecified atom stereocenters. The quantitative estimate of drug-likeness (QED) is 0.801. The van der Waals surface area contributed by atoms with E-state index in [0.717, 1.165) is 57.8 Å². The van der Waals surface area contributed by atoms with E-state index in [4.69, 9.17) is 28.2 Å². The molecule has 0 atom stereocenters. The highest BCUT2D eigenvalue weighted by molar-refractivity contribution is 6.41. The highest BCUT2D eigenvalue weighted by atomic mass is 35.5. The number of aryl methyl sites for hydroxylation is 2. The maximum absolute atomic E-state index is 6.51. The minimum absolute atomic E-state index is 0.663. The van der Waals surface area contributed by atoms with E-state index in [9.17, 15) is 0 Å². The van der Waals surface area contributed by atoms with Crippen molar-refractivity contribution in [3.8, 4) is 0 Å². The van der Waals surface area contributed by atoms with Crippen LogP contribution in [0.5, 0.6) is 0 Å².